The van der Waals surface area contributed by atoms with E-state index in [0.29, 0.717) is 22.9 Å². The van der Waals surface area contributed by atoms with E-state index < -0.39 is 28.5 Å². The smallest absolute Gasteiger partial charge is 0.244 e. The molecule has 0 aromatic heterocycles. The Labute approximate surface area is 263 Å². The van der Waals surface area contributed by atoms with E-state index in [0.717, 1.165) is 29.0 Å². The van der Waals surface area contributed by atoms with Crippen molar-refractivity contribution in [3.05, 3.63) is 87.9 Å². The summed E-state index contributed by atoms with van der Waals surface area (Å²) in [6.45, 7) is 1.82. The van der Waals surface area contributed by atoms with Crippen molar-refractivity contribution in [2.45, 2.75) is 38.8 Å². The van der Waals surface area contributed by atoms with E-state index in [1.54, 1.807) is 30.3 Å². The molecule has 0 fully saturated rings. The van der Waals surface area contributed by atoms with E-state index in [-0.39, 0.29) is 35.3 Å². The Hall–Kier alpha value is -3.47. The van der Waals surface area contributed by atoms with E-state index in [2.05, 4.69) is 5.32 Å². The second-order valence-electron chi connectivity index (χ2n) is 9.93. The van der Waals surface area contributed by atoms with Gasteiger partial charge in [-0.25, -0.2) is 8.42 Å². The summed E-state index contributed by atoms with van der Waals surface area (Å²) in [6, 6.07) is 18.0. The molecule has 0 saturated carbocycles. The molecule has 3 aromatic carbocycles. The van der Waals surface area contributed by atoms with Crippen LogP contribution in [0.25, 0.3) is 0 Å². The molecule has 2 amide bonds. The highest BCUT2D eigenvalue weighted by atomic mass is 35.5. The predicted molar refractivity (Wildman–Crippen MR) is 171 cm³/mol. The van der Waals surface area contributed by atoms with Crippen LogP contribution in [0, 0.1) is 0 Å². The van der Waals surface area contributed by atoms with Gasteiger partial charge in [0.05, 0.1) is 36.2 Å². The first-order chi connectivity index (χ1) is 20.5. The molecule has 0 saturated heterocycles. The minimum Gasteiger partial charge on any atom is -0.497 e. The molecule has 0 unspecified atom stereocenters. The van der Waals surface area contributed by atoms with Crippen molar-refractivity contribution in [2.75, 3.05) is 37.9 Å². The lowest BCUT2D eigenvalue weighted by molar-refractivity contribution is -0.140. The maximum atomic E-state index is 14.3. The van der Waals surface area contributed by atoms with Crippen molar-refractivity contribution in [3.8, 4) is 11.5 Å². The van der Waals surface area contributed by atoms with Crippen LogP contribution in [-0.4, -0.2) is 64.7 Å². The predicted octanol–water partition coefficient (Wildman–Crippen LogP) is 5.33. The number of unbranched alkanes of at least 4 members (excludes halogenated alkanes) is 1. The second kappa shape index (κ2) is 15.8. The van der Waals surface area contributed by atoms with Gasteiger partial charge in [0.15, 0.2) is 0 Å². The normalized spacial score (nSPS) is 11.9. The highest BCUT2D eigenvalue weighted by Crippen LogP contribution is 2.34. The number of nitrogens with one attached hydrogen (secondary N) is 1. The Morgan fingerprint density at radius 1 is 0.930 bits per heavy atom. The molecule has 232 valence electrons. The summed E-state index contributed by atoms with van der Waals surface area (Å²) < 4.78 is 37.9. The average Bonchev–Trinajstić information content (AvgIpc) is 2.99. The molecule has 9 nitrogen and oxygen atoms in total. The van der Waals surface area contributed by atoms with Crippen molar-refractivity contribution < 1.29 is 27.5 Å². The summed E-state index contributed by atoms with van der Waals surface area (Å²) in [4.78, 5) is 29.3. The van der Waals surface area contributed by atoms with Crippen LogP contribution in [0.2, 0.25) is 10.0 Å². The van der Waals surface area contributed by atoms with E-state index in [4.69, 9.17) is 32.7 Å². The van der Waals surface area contributed by atoms with Gasteiger partial charge in [0.1, 0.15) is 24.1 Å². The van der Waals surface area contributed by atoms with Crippen molar-refractivity contribution in [3.63, 3.8) is 0 Å². The molecule has 0 aliphatic carbocycles. The summed E-state index contributed by atoms with van der Waals surface area (Å²) in [6.07, 6.45) is 2.85. The molecule has 0 radical (unpaired) electrons. The van der Waals surface area contributed by atoms with Gasteiger partial charge in [-0.3, -0.25) is 13.9 Å². The molecule has 0 bridgehead atoms. The number of hydrogen-bond acceptors (Lipinski definition) is 6. The monoisotopic (exact) mass is 649 g/mol. The first kappa shape index (κ1) is 34.0. The maximum absolute atomic E-state index is 14.3. The molecule has 1 N–H and O–H groups in total. The molecule has 0 heterocycles. The van der Waals surface area contributed by atoms with Gasteiger partial charge in [-0.1, -0.05) is 72.9 Å². The van der Waals surface area contributed by atoms with Crippen molar-refractivity contribution in [1.82, 2.24) is 10.2 Å². The molecular weight excluding hydrogens is 613 g/mol. The first-order valence-electron chi connectivity index (χ1n) is 13.7. The van der Waals surface area contributed by atoms with Crippen LogP contribution in [-0.2, 0) is 32.6 Å². The highest BCUT2D eigenvalue weighted by molar-refractivity contribution is 7.92. The Morgan fingerprint density at radius 3 is 2.26 bits per heavy atom. The van der Waals surface area contributed by atoms with Gasteiger partial charge in [-0.15, -0.1) is 0 Å². The van der Waals surface area contributed by atoms with Crippen LogP contribution in [0.15, 0.2) is 66.7 Å². The standard InChI is InChI=1S/C31H37Cl2N3O6S/c1-5-6-16-34-31(38)28(18-22-10-8-7-9-11-22)35(20-23-12-14-25(32)26(33)17-23)30(37)21-36(43(4,39)40)27-19-24(41-2)13-15-29(27)42-3/h7-15,17,19,28H,5-6,16,18,20-21H2,1-4H3,(H,34,38)/t28-/m0/s1. The SMILES string of the molecule is CCCCNC(=O)[C@H](Cc1ccccc1)N(Cc1ccc(Cl)c(Cl)c1)C(=O)CN(c1cc(OC)ccc1OC)S(C)(=O)=O. The lowest BCUT2D eigenvalue weighted by Gasteiger charge is -2.34. The second-order valence-corrected chi connectivity index (χ2v) is 12.6. The van der Waals surface area contributed by atoms with Crippen LogP contribution < -0.4 is 19.1 Å². The summed E-state index contributed by atoms with van der Waals surface area (Å²) in [5.41, 5.74) is 1.57. The number of hydrogen-bond donors (Lipinski definition) is 1. The Balaban J connectivity index is 2.11. The minimum atomic E-state index is -4.00. The Bertz CT molecular complexity index is 1500. The average molecular weight is 651 g/mol. The van der Waals surface area contributed by atoms with Crippen molar-refractivity contribution >= 4 is 50.7 Å². The zero-order chi connectivity index (χ0) is 31.6. The molecule has 0 aliphatic heterocycles. The van der Waals surface area contributed by atoms with Crippen molar-refractivity contribution in [1.29, 1.82) is 0 Å². The molecule has 3 rings (SSSR count). The molecule has 12 heteroatoms. The third-order valence-corrected chi connectivity index (χ3v) is 8.64. The molecule has 0 spiro atoms. The zero-order valence-corrected chi connectivity index (χ0v) is 27.0. The van der Waals surface area contributed by atoms with Crippen LogP contribution in [0.1, 0.15) is 30.9 Å². The Kier molecular flexibility index (Phi) is 12.5. The van der Waals surface area contributed by atoms with E-state index in [1.807, 2.05) is 37.3 Å². The first-order valence-corrected chi connectivity index (χ1v) is 16.3. The van der Waals surface area contributed by atoms with Crippen LogP contribution >= 0.6 is 23.2 Å². The van der Waals surface area contributed by atoms with Gasteiger partial charge < -0.3 is 19.7 Å². The number of ether oxygens (including phenoxy) is 2. The minimum absolute atomic E-state index is 0.0265. The number of carbonyl (C=O) groups excluding carboxylic acids is 2. The van der Waals surface area contributed by atoms with Gasteiger partial charge in [-0.2, -0.15) is 0 Å². The third kappa shape index (κ3) is 9.51. The fourth-order valence-electron chi connectivity index (χ4n) is 4.48. The van der Waals surface area contributed by atoms with E-state index in [1.165, 1.54) is 25.2 Å². The van der Waals surface area contributed by atoms with E-state index in [9.17, 15) is 18.0 Å². The topological polar surface area (TPSA) is 105 Å². The Morgan fingerprint density at radius 2 is 1.65 bits per heavy atom. The molecule has 3 aromatic rings. The number of sulfonamides is 1. The maximum Gasteiger partial charge on any atom is 0.244 e. The number of halogens is 2. The van der Waals surface area contributed by atoms with Gasteiger partial charge in [0.2, 0.25) is 21.8 Å². The fraction of sp³-hybridized carbons (Fsp3) is 0.355. The van der Waals surface area contributed by atoms with Gasteiger partial charge in [0.25, 0.3) is 0 Å². The number of amides is 2. The quantitative estimate of drug-likeness (QED) is 0.223. The van der Waals surface area contributed by atoms with Crippen molar-refractivity contribution in [2.24, 2.45) is 0 Å². The third-order valence-electron chi connectivity index (χ3n) is 6.77. The van der Waals surface area contributed by atoms with Crippen LogP contribution in [0.4, 0.5) is 5.69 Å². The summed E-state index contributed by atoms with van der Waals surface area (Å²) in [5, 5.41) is 3.58. The molecular formula is C31H37Cl2N3O6S. The molecule has 43 heavy (non-hydrogen) atoms. The zero-order valence-electron chi connectivity index (χ0n) is 24.7. The number of rotatable bonds is 15. The lowest BCUT2D eigenvalue weighted by Crippen LogP contribution is -2.53. The van der Waals surface area contributed by atoms with Crippen LogP contribution in [0.5, 0.6) is 11.5 Å². The number of anilines is 1. The van der Waals surface area contributed by atoms with Gasteiger partial charge in [-0.05, 0) is 41.8 Å². The lowest BCUT2D eigenvalue weighted by atomic mass is 10.0. The number of nitrogens with zero attached hydrogens (tertiary/aromatic N) is 2. The summed E-state index contributed by atoms with van der Waals surface area (Å²) in [7, 11) is -1.15. The molecule has 0 aliphatic rings. The van der Waals surface area contributed by atoms with Gasteiger partial charge >= 0.3 is 0 Å². The number of carbonyl (C=O) groups is 2. The van der Waals surface area contributed by atoms with Gasteiger partial charge in [0, 0.05) is 25.6 Å². The number of methoxy groups -OCH3 is 2. The summed E-state index contributed by atoms with van der Waals surface area (Å²) >= 11 is 12.4. The highest BCUT2D eigenvalue weighted by Gasteiger charge is 2.34. The fourth-order valence-corrected chi connectivity index (χ4v) is 5.65. The molecule has 1 atom stereocenters. The van der Waals surface area contributed by atoms with Crippen LogP contribution in [0.3, 0.4) is 0 Å². The summed E-state index contributed by atoms with van der Waals surface area (Å²) in [5.74, 6) is -0.349. The largest absolute Gasteiger partial charge is 0.497 e. The number of benzene rings is 3. The van der Waals surface area contributed by atoms with E-state index >= 15 is 0 Å².